The molecule has 6 rings (SSSR count). The fourth-order valence-corrected chi connectivity index (χ4v) is 10.1. The number of rotatable bonds is 15. The van der Waals surface area contributed by atoms with Crippen LogP contribution in [0, 0.1) is 0 Å². The van der Waals surface area contributed by atoms with E-state index in [0.717, 1.165) is 61.8 Å². The van der Waals surface area contributed by atoms with Crippen molar-refractivity contribution in [2.75, 3.05) is 35.4 Å². The van der Waals surface area contributed by atoms with Crippen molar-refractivity contribution in [2.24, 2.45) is 0 Å². The average molecular weight is 751 g/mol. The van der Waals surface area contributed by atoms with Crippen molar-refractivity contribution in [1.82, 2.24) is 9.97 Å². The van der Waals surface area contributed by atoms with Crippen LogP contribution in [-0.2, 0) is 9.59 Å². The lowest BCUT2D eigenvalue weighted by molar-refractivity contribution is -0.114. The first-order valence-corrected chi connectivity index (χ1v) is 20.7. The number of thioether (sulfide) groups is 2. The summed E-state index contributed by atoms with van der Waals surface area (Å²) in [4.78, 5) is 36.5. The minimum Gasteiger partial charge on any atom is -0.494 e. The summed E-state index contributed by atoms with van der Waals surface area (Å²) >= 11 is 5.97. The molecule has 8 nitrogen and oxygen atoms in total. The molecule has 0 radical (unpaired) electrons. The Kier molecular flexibility index (Phi) is 12.1. The zero-order valence-electron chi connectivity index (χ0n) is 25.9. The molecular formula is C34H30N4O4S6. The number of nitrogens with zero attached hydrogens (tertiary/aromatic N) is 2. The van der Waals surface area contributed by atoms with E-state index in [1.54, 1.807) is 44.3 Å². The summed E-state index contributed by atoms with van der Waals surface area (Å²) in [7, 11) is 3.25. The van der Waals surface area contributed by atoms with Crippen LogP contribution in [0.5, 0.6) is 11.5 Å². The van der Waals surface area contributed by atoms with Gasteiger partial charge in [0.15, 0.2) is 8.68 Å². The third-order valence-electron chi connectivity index (χ3n) is 6.47. The van der Waals surface area contributed by atoms with Crippen molar-refractivity contribution in [3.05, 3.63) is 84.9 Å². The lowest BCUT2D eigenvalue weighted by Gasteiger charge is -2.07. The van der Waals surface area contributed by atoms with Gasteiger partial charge < -0.3 is 20.1 Å². The Morgan fingerprint density at radius 1 is 0.625 bits per heavy atom. The normalized spacial score (nSPS) is 11.1. The topological polar surface area (TPSA) is 102 Å². The van der Waals surface area contributed by atoms with Gasteiger partial charge in [-0.2, -0.15) is 0 Å². The van der Waals surface area contributed by atoms with Crippen LogP contribution in [0.15, 0.2) is 103 Å². The van der Waals surface area contributed by atoms with Crippen LogP contribution in [0.25, 0.3) is 20.4 Å². The predicted octanol–water partition coefficient (Wildman–Crippen LogP) is 9.96. The van der Waals surface area contributed by atoms with Crippen LogP contribution in [0.2, 0.25) is 0 Å². The first kappa shape index (κ1) is 34.5. The molecule has 0 saturated heterocycles. The Hall–Kier alpha value is -3.40. The van der Waals surface area contributed by atoms with E-state index in [1.165, 1.54) is 23.5 Å². The molecular weight excluding hydrogens is 721 g/mol. The first-order chi connectivity index (χ1) is 23.4. The molecule has 0 aliphatic heterocycles. The van der Waals surface area contributed by atoms with Gasteiger partial charge >= 0.3 is 0 Å². The second-order valence-corrected chi connectivity index (χ2v) is 16.8. The number of carbonyl (C=O) groups is 2. The van der Waals surface area contributed by atoms with Crippen LogP contribution >= 0.6 is 67.8 Å². The number of amides is 2. The van der Waals surface area contributed by atoms with E-state index in [2.05, 4.69) is 20.6 Å². The van der Waals surface area contributed by atoms with E-state index in [1.807, 2.05) is 98.8 Å². The summed E-state index contributed by atoms with van der Waals surface area (Å²) in [6.07, 6.45) is 0. The lowest BCUT2D eigenvalue weighted by Crippen LogP contribution is -2.13. The van der Waals surface area contributed by atoms with E-state index in [4.69, 9.17) is 9.47 Å². The quantitative estimate of drug-likeness (QED) is 0.0779. The maximum Gasteiger partial charge on any atom is 0.234 e. The van der Waals surface area contributed by atoms with Crippen molar-refractivity contribution >= 4 is 111 Å². The molecule has 0 atom stereocenters. The molecule has 0 fully saturated rings. The number of benzene rings is 4. The summed E-state index contributed by atoms with van der Waals surface area (Å²) in [5.74, 6) is 2.04. The SMILES string of the molecule is CCOc1ccc2nc(SCC(=O)Nc3ccc(SSc4ccc(NC(=O)CSc5nc6ccc(OCC)cc6s5)cc4)cc3)sc2c1. The van der Waals surface area contributed by atoms with E-state index in [9.17, 15) is 9.59 Å². The van der Waals surface area contributed by atoms with Gasteiger partial charge in [0.2, 0.25) is 11.8 Å². The number of thiazole rings is 2. The highest BCUT2D eigenvalue weighted by Gasteiger charge is 2.11. The van der Waals surface area contributed by atoms with Crippen molar-refractivity contribution in [3.8, 4) is 11.5 Å². The molecule has 0 unspecified atom stereocenters. The van der Waals surface area contributed by atoms with Gasteiger partial charge in [0.25, 0.3) is 0 Å². The maximum absolute atomic E-state index is 12.6. The average Bonchev–Trinajstić information content (AvgIpc) is 3.70. The van der Waals surface area contributed by atoms with Gasteiger partial charge in [0, 0.05) is 21.2 Å². The molecule has 2 heterocycles. The zero-order chi connectivity index (χ0) is 33.3. The predicted molar refractivity (Wildman–Crippen MR) is 205 cm³/mol. The number of hydrogen-bond donors (Lipinski definition) is 2. The fourth-order valence-electron chi connectivity index (χ4n) is 4.34. The summed E-state index contributed by atoms with van der Waals surface area (Å²) < 4.78 is 14.9. The summed E-state index contributed by atoms with van der Waals surface area (Å²) in [5.41, 5.74) is 3.31. The molecule has 0 aliphatic carbocycles. The van der Waals surface area contributed by atoms with Crippen molar-refractivity contribution in [1.29, 1.82) is 0 Å². The number of ether oxygens (including phenoxy) is 2. The number of aromatic nitrogens is 2. The molecule has 0 bridgehead atoms. The molecule has 2 N–H and O–H groups in total. The Bertz CT molecular complexity index is 1870. The summed E-state index contributed by atoms with van der Waals surface area (Å²) in [6.45, 7) is 5.15. The van der Waals surface area contributed by atoms with Crippen LogP contribution in [0.1, 0.15) is 13.8 Å². The zero-order valence-corrected chi connectivity index (χ0v) is 30.8. The number of anilines is 2. The highest BCUT2D eigenvalue weighted by Crippen LogP contribution is 2.38. The van der Waals surface area contributed by atoms with Gasteiger partial charge in [-0.25, -0.2) is 9.97 Å². The van der Waals surface area contributed by atoms with Gasteiger partial charge in [-0.3, -0.25) is 9.59 Å². The largest absolute Gasteiger partial charge is 0.494 e. The highest BCUT2D eigenvalue weighted by atomic mass is 33.1. The standard InChI is InChI=1S/C34H30N4O4S6/c1-3-41-23-9-15-27-29(17-23)45-33(37-27)43-19-31(39)35-21-5-11-25(12-6-21)47-48-26-13-7-22(8-14-26)36-32(40)20-44-34-38-28-16-10-24(42-4-2)18-30(28)46-34/h5-18H,3-4,19-20H2,1-2H3,(H,35,39)(H,36,40). The van der Waals surface area contributed by atoms with E-state index in [0.29, 0.717) is 13.2 Å². The highest BCUT2D eigenvalue weighted by molar-refractivity contribution is 8.76. The fraction of sp³-hybridized carbons (Fsp3) is 0.176. The third kappa shape index (κ3) is 9.61. The van der Waals surface area contributed by atoms with Gasteiger partial charge in [-0.05, 0) is 98.8 Å². The molecule has 6 aromatic rings. The van der Waals surface area contributed by atoms with Crippen LogP contribution in [0.3, 0.4) is 0 Å². The maximum atomic E-state index is 12.6. The molecule has 4 aromatic carbocycles. The molecule has 14 heteroatoms. The van der Waals surface area contributed by atoms with Crippen molar-refractivity contribution in [3.63, 3.8) is 0 Å². The Balaban J connectivity index is 0.911. The smallest absolute Gasteiger partial charge is 0.234 e. The van der Waals surface area contributed by atoms with E-state index < -0.39 is 0 Å². The van der Waals surface area contributed by atoms with Crippen LogP contribution in [-0.4, -0.2) is 46.5 Å². The van der Waals surface area contributed by atoms with Gasteiger partial charge in [0.1, 0.15) is 11.5 Å². The number of nitrogens with one attached hydrogen (secondary N) is 2. The van der Waals surface area contributed by atoms with E-state index >= 15 is 0 Å². The number of fused-ring (bicyclic) bond motifs is 2. The van der Waals surface area contributed by atoms with Crippen LogP contribution < -0.4 is 20.1 Å². The Labute approximate surface area is 302 Å². The molecule has 2 aromatic heterocycles. The van der Waals surface area contributed by atoms with Gasteiger partial charge in [-0.1, -0.05) is 45.1 Å². The van der Waals surface area contributed by atoms with Gasteiger partial charge in [0.05, 0.1) is 45.2 Å². The second-order valence-electron chi connectivity index (χ2n) is 9.97. The molecule has 0 saturated carbocycles. The number of hydrogen-bond acceptors (Lipinski definition) is 12. The lowest BCUT2D eigenvalue weighted by atomic mass is 10.3. The minimum atomic E-state index is -0.0806. The number of carbonyl (C=O) groups excluding carboxylic acids is 2. The molecule has 246 valence electrons. The first-order valence-electron chi connectivity index (χ1n) is 14.9. The second kappa shape index (κ2) is 16.8. The molecule has 0 aliphatic rings. The molecule has 48 heavy (non-hydrogen) atoms. The minimum absolute atomic E-state index is 0.0806. The monoisotopic (exact) mass is 750 g/mol. The summed E-state index contributed by atoms with van der Waals surface area (Å²) in [6, 6.07) is 27.3. The third-order valence-corrected chi connectivity index (χ3v) is 13.2. The van der Waals surface area contributed by atoms with Crippen LogP contribution in [0.4, 0.5) is 11.4 Å². The van der Waals surface area contributed by atoms with Crippen molar-refractivity contribution < 1.29 is 19.1 Å². The van der Waals surface area contributed by atoms with Crippen molar-refractivity contribution in [2.45, 2.75) is 32.3 Å². The Morgan fingerprint density at radius 3 is 1.44 bits per heavy atom. The molecule has 0 spiro atoms. The summed E-state index contributed by atoms with van der Waals surface area (Å²) in [5, 5.41) is 5.92. The van der Waals surface area contributed by atoms with Gasteiger partial charge in [-0.15, -0.1) is 22.7 Å². The Morgan fingerprint density at radius 2 is 1.04 bits per heavy atom. The van der Waals surface area contributed by atoms with E-state index in [-0.39, 0.29) is 23.3 Å². The molecule has 2 amide bonds.